The standard InChI is InChI=1S/C46H55BrFN10O5P/c1-5-29-23-38(53-46-51-25-34(47)44(55-46)52-37-10-9-36-42(50-16-15-49-36)43(37)64(3,4)62)40(63-2)24-39(29)57-18-13-30(14-19-57)58-21-20-56(31(26-58)27-59)17-12-28-6-7-32(35(48)22-28)33-8-11-41(60)54-45(33)61/h6-7,9-10,15-16,22-25,30-31,33,59H,5,8,11-14,17-21,26-27H2,1-4H3,(H,54,60,61)(H2,51,52,53,55)/t31-,33?/m0/s1. The smallest absolute Gasteiger partial charge is 0.234 e. The maximum Gasteiger partial charge on any atom is 0.234 e. The normalized spacial score (nSPS) is 19.2. The molecule has 3 saturated heterocycles. The van der Waals surface area contributed by atoms with E-state index in [0.29, 0.717) is 75.0 Å². The van der Waals surface area contributed by atoms with Crippen molar-refractivity contribution in [1.29, 1.82) is 0 Å². The van der Waals surface area contributed by atoms with Crippen molar-refractivity contribution in [2.24, 2.45) is 0 Å². The fourth-order valence-corrected chi connectivity index (χ4v) is 11.0. The minimum absolute atomic E-state index is 0.0192. The molecule has 5 heterocycles. The molecule has 15 nitrogen and oxygen atoms in total. The molecule has 1 unspecified atom stereocenters. The Bertz CT molecular complexity index is 2590. The Morgan fingerprint density at radius 1 is 0.984 bits per heavy atom. The zero-order valence-electron chi connectivity index (χ0n) is 36.6. The molecule has 8 rings (SSSR count). The van der Waals surface area contributed by atoms with Gasteiger partial charge in [0.25, 0.3) is 0 Å². The highest BCUT2D eigenvalue weighted by Gasteiger charge is 2.34. The molecule has 0 spiro atoms. The second kappa shape index (κ2) is 19.6. The SMILES string of the molecule is CCc1cc(Nc2ncc(Br)c(Nc3ccc4nccnc4c3P(C)(C)=O)n2)c(OC)cc1N1CCC(N2CCN(CCc3ccc(C4CCC(=O)NC4=O)c(F)c3)[C@H](CO)C2)CC1. The van der Waals surface area contributed by atoms with E-state index in [4.69, 9.17) is 9.72 Å². The summed E-state index contributed by atoms with van der Waals surface area (Å²) >= 11 is 3.59. The van der Waals surface area contributed by atoms with Crippen LogP contribution in [0.4, 0.5) is 33.2 Å². The van der Waals surface area contributed by atoms with Crippen LogP contribution in [0.3, 0.4) is 0 Å². The number of amides is 2. The first kappa shape index (κ1) is 45.5. The van der Waals surface area contributed by atoms with E-state index < -0.39 is 24.8 Å². The number of nitrogens with one attached hydrogen (secondary N) is 3. The van der Waals surface area contributed by atoms with Crippen LogP contribution in [-0.2, 0) is 27.0 Å². The number of anilines is 5. The molecular weight excluding hydrogens is 902 g/mol. The third-order valence-corrected chi connectivity index (χ3v) is 14.8. The quantitative estimate of drug-likeness (QED) is 0.0717. The maximum absolute atomic E-state index is 15.2. The molecule has 0 aliphatic carbocycles. The van der Waals surface area contributed by atoms with Crippen LogP contribution in [0.2, 0.25) is 0 Å². The van der Waals surface area contributed by atoms with E-state index in [0.717, 1.165) is 68.9 Å². The maximum atomic E-state index is 15.2. The predicted octanol–water partition coefficient (Wildman–Crippen LogP) is 6.34. The summed E-state index contributed by atoms with van der Waals surface area (Å²) in [5.41, 5.74) is 6.09. The number of nitrogens with zero attached hydrogens (tertiary/aromatic N) is 7. The van der Waals surface area contributed by atoms with Gasteiger partial charge in [-0.2, -0.15) is 4.98 Å². The van der Waals surface area contributed by atoms with Gasteiger partial charge in [0, 0.05) is 93.7 Å². The topological polar surface area (TPSA) is 178 Å². The third kappa shape index (κ3) is 9.93. The summed E-state index contributed by atoms with van der Waals surface area (Å²) in [6.45, 7) is 10.6. The van der Waals surface area contributed by atoms with Crippen LogP contribution in [0.25, 0.3) is 11.0 Å². The number of piperidine rings is 2. The van der Waals surface area contributed by atoms with Crippen molar-refractivity contribution in [1.82, 2.24) is 35.1 Å². The predicted molar refractivity (Wildman–Crippen MR) is 252 cm³/mol. The third-order valence-electron chi connectivity index (χ3n) is 12.7. The minimum Gasteiger partial charge on any atom is -0.494 e. The van der Waals surface area contributed by atoms with Crippen LogP contribution in [0, 0.1) is 5.82 Å². The van der Waals surface area contributed by atoms with Crippen molar-refractivity contribution in [2.45, 2.75) is 63.5 Å². The highest BCUT2D eigenvalue weighted by Crippen LogP contribution is 2.42. The summed E-state index contributed by atoms with van der Waals surface area (Å²) in [6.07, 6.45) is 8.81. The molecule has 0 radical (unpaired) electrons. The van der Waals surface area contributed by atoms with Crippen LogP contribution < -0.4 is 30.9 Å². The molecular formula is C46H55BrFN10O5P. The molecule has 338 valence electrons. The van der Waals surface area contributed by atoms with Crippen LogP contribution in [0.5, 0.6) is 5.75 Å². The Hall–Kier alpha value is -5.06. The van der Waals surface area contributed by atoms with Gasteiger partial charge < -0.3 is 29.9 Å². The van der Waals surface area contributed by atoms with E-state index in [1.165, 1.54) is 11.6 Å². The molecule has 3 aromatic carbocycles. The molecule has 2 amide bonds. The molecule has 18 heteroatoms. The summed E-state index contributed by atoms with van der Waals surface area (Å²) in [4.78, 5) is 49.4. The highest BCUT2D eigenvalue weighted by molar-refractivity contribution is 9.10. The van der Waals surface area contributed by atoms with E-state index >= 15 is 4.39 Å². The number of piperazine rings is 1. The number of fused-ring (bicyclic) bond motifs is 1. The summed E-state index contributed by atoms with van der Waals surface area (Å²) in [7, 11) is -1.13. The van der Waals surface area contributed by atoms with Crippen LogP contribution in [0.15, 0.2) is 65.5 Å². The Morgan fingerprint density at radius 2 is 1.78 bits per heavy atom. The molecule has 64 heavy (non-hydrogen) atoms. The number of rotatable bonds is 14. The van der Waals surface area contributed by atoms with Gasteiger partial charge in [0.1, 0.15) is 30.0 Å². The summed E-state index contributed by atoms with van der Waals surface area (Å²) < 4.78 is 35.3. The van der Waals surface area contributed by atoms with Crippen molar-refractivity contribution in [2.75, 3.05) is 81.8 Å². The lowest BCUT2D eigenvalue weighted by Crippen LogP contribution is -2.58. The number of hydrogen-bond donors (Lipinski definition) is 4. The number of hydrogen-bond acceptors (Lipinski definition) is 14. The van der Waals surface area contributed by atoms with Gasteiger partial charge in [-0.05, 0) is 96.8 Å². The molecule has 0 saturated carbocycles. The number of aryl methyl sites for hydroxylation is 1. The largest absolute Gasteiger partial charge is 0.494 e. The van der Waals surface area contributed by atoms with E-state index in [-0.39, 0.29) is 25.0 Å². The van der Waals surface area contributed by atoms with Gasteiger partial charge >= 0.3 is 0 Å². The Labute approximate surface area is 381 Å². The second-order valence-electron chi connectivity index (χ2n) is 17.1. The van der Waals surface area contributed by atoms with Gasteiger partial charge in [-0.15, -0.1) is 0 Å². The lowest BCUT2D eigenvalue weighted by Gasteiger charge is -2.46. The first-order chi connectivity index (χ1) is 30.8. The number of carbonyl (C=O) groups is 2. The van der Waals surface area contributed by atoms with Gasteiger partial charge in [0.2, 0.25) is 17.8 Å². The average molecular weight is 958 g/mol. The molecule has 5 aromatic rings. The number of benzene rings is 3. The van der Waals surface area contributed by atoms with Crippen molar-refractivity contribution >= 4 is 80.1 Å². The lowest BCUT2D eigenvalue weighted by atomic mass is 9.89. The molecule has 3 aliphatic rings. The molecule has 4 N–H and O–H groups in total. The number of halogens is 2. The van der Waals surface area contributed by atoms with Gasteiger partial charge in [0.15, 0.2) is 0 Å². The number of aromatic nitrogens is 4. The number of carbonyl (C=O) groups excluding carboxylic acids is 2. The number of methoxy groups -OCH3 is 1. The van der Waals surface area contributed by atoms with Crippen molar-refractivity contribution in [3.05, 3.63) is 88.0 Å². The Balaban J connectivity index is 0.886. The Morgan fingerprint density at radius 3 is 2.50 bits per heavy atom. The van der Waals surface area contributed by atoms with Gasteiger partial charge in [-0.3, -0.25) is 34.7 Å². The number of aliphatic hydroxyl groups is 1. The van der Waals surface area contributed by atoms with E-state index in [1.807, 2.05) is 18.2 Å². The number of ether oxygens (including phenoxy) is 1. The molecule has 3 aliphatic heterocycles. The van der Waals surface area contributed by atoms with Crippen LogP contribution in [0.1, 0.15) is 55.2 Å². The monoisotopic (exact) mass is 956 g/mol. The lowest BCUT2D eigenvalue weighted by molar-refractivity contribution is -0.134. The van der Waals surface area contributed by atoms with Gasteiger partial charge in [-0.25, -0.2) is 9.37 Å². The van der Waals surface area contributed by atoms with Gasteiger partial charge in [0.05, 0.1) is 46.3 Å². The van der Waals surface area contributed by atoms with E-state index in [2.05, 4.69) is 80.6 Å². The van der Waals surface area contributed by atoms with Crippen molar-refractivity contribution in [3.8, 4) is 5.75 Å². The van der Waals surface area contributed by atoms with Crippen molar-refractivity contribution in [3.63, 3.8) is 0 Å². The summed E-state index contributed by atoms with van der Waals surface area (Å²) in [5.74, 6) is -0.328. The zero-order chi connectivity index (χ0) is 45.1. The zero-order valence-corrected chi connectivity index (χ0v) is 39.1. The fourth-order valence-electron chi connectivity index (χ4n) is 9.35. The van der Waals surface area contributed by atoms with Crippen molar-refractivity contribution < 1.29 is 28.4 Å². The number of imide groups is 1. The Kier molecular flexibility index (Phi) is 13.9. The van der Waals surface area contributed by atoms with Crippen LogP contribution in [-0.4, -0.2) is 125 Å². The fraction of sp³-hybridized carbons (Fsp3) is 0.435. The van der Waals surface area contributed by atoms with E-state index in [9.17, 15) is 19.3 Å². The second-order valence-corrected chi connectivity index (χ2v) is 21.1. The molecule has 2 aromatic heterocycles. The number of aliphatic hydroxyl groups excluding tert-OH is 1. The summed E-state index contributed by atoms with van der Waals surface area (Å²) in [5, 5.41) is 20.1. The molecule has 0 bridgehead atoms. The van der Waals surface area contributed by atoms with E-state index in [1.54, 1.807) is 45.1 Å². The first-order valence-corrected chi connectivity index (χ1v) is 25.3. The molecule has 3 fully saturated rings. The first-order valence-electron chi connectivity index (χ1n) is 21.9. The average Bonchev–Trinajstić information content (AvgIpc) is 3.29. The minimum atomic E-state index is -2.79. The molecule has 2 atom stereocenters. The highest BCUT2D eigenvalue weighted by atomic mass is 79.9. The van der Waals surface area contributed by atoms with Gasteiger partial charge in [-0.1, -0.05) is 19.1 Å². The van der Waals surface area contributed by atoms with Crippen LogP contribution >= 0.6 is 23.1 Å². The summed E-state index contributed by atoms with van der Waals surface area (Å²) in [6, 6.07) is 13.3.